The Morgan fingerprint density at radius 1 is 1.31 bits per heavy atom. The molecular weight excluding hydrogens is 174 g/mol. The van der Waals surface area contributed by atoms with Gasteiger partial charge in [-0.3, -0.25) is 0 Å². The van der Waals surface area contributed by atoms with Crippen LogP contribution in [0.15, 0.2) is 0 Å². The Balaban J connectivity index is 3.45. The summed E-state index contributed by atoms with van der Waals surface area (Å²) in [5.74, 6) is 0. The molecule has 1 amide bonds. The summed E-state index contributed by atoms with van der Waals surface area (Å²) in [7, 11) is 1.60. The number of hydrogen-bond donors (Lipinski definition) is 1. The van der Waals surface area contributed by atoms with Crippen LogP contribution >= 0.6 is 0 Å². The topological polar surface area (TPSA) is 70.8 Å². The number of carbonyl (C=O) groups excluding carboxylic acids is 1. The van der Waals surface area contributed by atoms with E-state index in [1.807, 2.05) is 6.92 Å². The van der Waals surface area contributed by atoms with Gasteiger partial charge in [0, 0.05) is 7.11 Å². The second-order valence-corrected chi connectivity index (χ2v) is 2.85. The van der Waals surface area contributed by atoms with Gasteiger partial charge in [0.05, 0.1) is 19.3 Å². The molecule has 0 radical (unpaired) electrons. The highest BCUT2D eigenvalue weighted by atomic mass is 16.6. The van der Waals surface area contributed by atoms with Gasteiger partial charge in [-0.2, -0.15) is 0 Å². The Morgan fingerprint density at radius 3 is 2.38 bits per heavy atom. The predicted octanol–water partition coefficient (Wildman–Crippen LogP) is 0.522. The van der Waals surface area contributed by atoms with Crippen molar-refractivity contribution in [2.45, 2.75) is 26.1 Å². The number of ether oxygens (including phenoxy) is 3. The Kier molecular flexibility index (Phi) is 6.26. The maximum absolute atomic E-state index is 10.3. The largest absolute Gasteiger partial charge is 0.444 e. The lowest BCUT2D eigenvalue weighted by Crippen LogP contribution is -2.27. The Hall–Kier alpha value is -0.810. The summed E-state index contributed by atoms with van der Waals surface area (Å²) in [6.07, 6.45) is -1.11. The molecule has 0 aromatic rings. The van der Waals surface area contributed by atoms with E-state index < -0.39 is 6.09 Å². The SMILES string of the molecule is COCC(C)OCC(C)OC(N)=O. The quantitative estimate of drug-likeness (QED) is 0.664. The monoisotopic (exact) mass is 191 g/mol. The van der Waals surface area contributed by atoms with Crippen molar-refractivity contribution in [1.82, 2.24) is 0 Å². The minimum Gasteiger partial charge on any atom is -0.444 e. The highest BCUT2D eigenvalue weighted by Crippen LogP contribution is 1.96. The predicted molar refractivity (Wildman–Crippen MR) is 47.4 cm³/mol. The molecule has 0 aromatic heterocycles. The number of carbonyl (C=O) groups is 1. The second-order valence-electron chi connectivity index (χ2n) is 2.85. The smallest absolute Gasteiger partial charge is 0.404 e. The highest BCUT2D eigenvalue weighted by molar-refractivity contribution is 5.64. The number of amides is 1. The summed E-state index contributed by atoms with van der Waals surface area (Å²) in [6.45, 7) is 4.43. The molecule has 2 N–H and O–H groups in total. The molecule has 5 heteroatoms. The number of hydrogen-bond acceptors (Lipinski definition) is 4. The van der Waals surface area contributed by atoms with Crippen molar-refractivity contribution in [2.75, 3.05) is 20.3 Å². The van der Waals surface area contributed by atoms with Crippen LogP contribution in [0.2, 0.25) is 0 Å². The lowest BCUT2D eigenvalue weighted by atomic mass is 10.4. The van der Waals surface area contributed by atoms with E-state index in [1.165, 1.54) is 0 Å². The first-order valence-electron chi connectivity index (χ1n) is 4.13. The van der Waals surface area contributed by atoms with E-state index >= 15 is 0 Å². The first-order valence-corrected chi connectivity index (χ1v) is 4.13. The Labute approximate surface area is 78.1 Å². The third-order valence-electron chi connectivity index (χ3n) is 1.33. The van der Waals surface area contributed by atoms with E-state index in [-0.39, 0.29) is 12.2 Å². The van der Waals surface area contributed by atoms with E-state index in [0.717, 1.165) is 0 Å². The molecule has 0 rings (SSSR count). The van der Waals surface area contributed by atoms with Crippen molar-refractivity contribution in [1.29, 1.82) is 0 Å². The molecule has 2 atom stereocenters. The lowest BCUT2D eigenvalue weighted by molar-refractivity contribution is -0.0301. The molecule has 5 nitrogen and oxygen atoms in total. The Morgan fingerprint density at radius 2 is 1.92 bits per heavy atom. The van der Waals surface area contributed by atoms with Gasteiger partial charge in [0.1, 0.15) is 6.10 Å². The van der Waals surface area contributed by atoms with Gasteiger partial charge in [0.15, 0.2) is 0 Å². The van der Waals surface area contributed by atoms with Gasteiger partial charge in [0.2, 0.25) is 0 Å². The maximum Gasteiger partial charge on any atom is 0.404 e. The van der Waals surface area contributed by atoms with Crippen molar-refractivity contribution >= 4 is 6.09 Å². The van der Waals surface area contributed by atoms with Crippen LogP contribution in [0.1, 0.15) is 13.8 Å². The number of nitrogens with two attached hydrogens (primary N) is 1. The van der Waals surface area contributed by atoms with Gasteiger partial charge in [-0.25, -0.2) is 4.79 Å². The van der Waals surface area contributed by atoms with Gasteiger partial charge in [-0.1, -0.05) is 0 Å². The molecule has 0 saturated carbocycles. The zero-order valence-electron chi connectivity index (χ0n) is 8.28. The molecule has 0 spiro atoms. The van der Waals surface area contributed by atoms with Crippen LogP contribution in [-0.4, -0.2) is 38.6 Å². The van der Waals surface area contributed by atoms with Crippen molar-refractivity contribution < 1.29 is 19.0 Å². The summed E-state index contributed by atoms with van der Waals surface area (Å²) >= 11 is 0. The summed E-state index contributed by atoms with van der Waals surface area (Å²) in [4.78, 5) is 10.3. The van der Waals surface area contributed by atoms with Gasteiger partial charge < -0.3 is 19.9 Å². The van der Waals surface area contributed by atoms with Crippen LogP contribution in [0.5, 0.6) is 0 Å². The van der Waals surface area contributed by atoms with Crippen LogP contribution in [0, 0.1) is 0 Å². The van der Waals surface area contributed by atoms with E-state index in [2.05, 4.69) is 4.74 Å². The van der Waals surface area contributed by atoms with Gasteiger partial charge in [0.25, 0.3) is 0 Å². The molecule has 78 valence electrons. The molecule has 0 aliphatic heterocycles. The van der Waals surface area contributed by atoms with Crippen LogP contribution in [0.3, 0.4) is 0 Å². The van der Waals surface area contributed by atoms with E-state index in [9.17, 15) is 4.79 Å². The molecule has 13 heavy (non-hydrogen) atoms. The minimum absolute atomic E-state index is 0.0103. The average Bonchev–Trinajstić information content (AvgIpc) is 2.00. The molecular formula is C8H17NO4. The summed E-state index contributed by atoms with van der Waals surface area (Å²) in [5.41, 5.74) is 4.82. The van der Waals surface area contributed by atoms with Crippen LogP contribution in [-0.2, 0) is 14.2 Å². The standard InChI is InChI=1S/C8H17NO4/c1-6(4-11-3)12-5-7(2)13-8(9)10/h6-7H,4-5H2,1-3H3,(H2,9,10). The Bertz CT molecular complexity index is 151. The fourth-order valence-corrected chi connectivity index (χ4v) is 0.815. The van der Waals surface area contributed by atoms with Crippen LogP contribution in [0.4, 0.5) is 4.79 Å². The molecule has 0 heterocycles. The number of rotatable bonds is 6. The first kappa shape index (κ1) is 12.2. The third-order valence-corrected chi connectivity index (χ3v) is 1.33. The van der Waals surface area contributed by atoms with Gasteiger partial charge in [-0.05, 0) is 13.8 Å². The zero-order chi connectivity index (χ0) is 10.3. The van der Waals surface area contributed by atoms with Crippen molar-refractivity contribution in [2.24, 2.45) is 5.73 Å². The molecule has 0 fully saturated rings. The molecule has 0 saturated heterocycles. The van der Waals surface area contributed by atoms with E-state index in [4.69, 9.17) is 15.2 Å². The fraction of sp³-hybridized carbons (Fsp3) is 0.875. The molecule has 2 unspecified atom stereocenters. The first-order chi connectivity index (χ1) is 6.06. The van der Waals surface area contributed by atoms with Crippen molar-refractivity contribution in [3.63, 3.8) is 0 Å². The molecule has 0 aliphatic carbocycles. The third kappa shape index (κ3) is 7.55. The van der Waals surface area contributed by atoms with Crippen molar-refractivity contribution in [3.05, 3.63) is 0 Å². The normalized spacial score (nSPS) is 15.0. The highest BCUT2D eigenvalue weighted by Gasteiger charge is 2.08. The molecule has 0 aliphatic rings. The van der Waals surface area contributed by atoms with E-state index in [0.29, 0.717) is 13.2 Å². The van der Waals surface area contributed by atoms with Crippen LogP contribution in [0.25, 0.3) is 0 Å². The fourth-order valence-electron chi connectivity index (χ4n) is 0.815. The summed E-state index contributed by atoms with van der Waals surface area (Å²) in [5, 5.41) is 0. The average molecular weight is 191 g/mol. The van der Waals surface area contributed by atoms with Gasteiger partial charge >= 0.3 is 6.09 Å². The summed E-state index contributed by atoms with van der Waals surface area (Å²) in [6, 6.07) is 0. The van der Waals surface area contributed by atoms with E-state index in [1.54, 1.807) is 14.0 Å². The lowest BCUT2D eigenvalue weighted by Gasteiger charge is -2.15. The second kappa shape index (κ2) is 6.68. The van der Waals surface area contributed by atoms with Gasteiger partial charge in [-0.15, -0.1) is 0 Å². The minimum atomic E-state index is -0.782. The van der Waals surface area contributed by atoms with Crippen molar-refractivity contribution in [3.8, 4) is 0 Å². The number of primary amides is 1. The molecule has 0 aromatic carbocycles. The molecule has 0 bridgehead atoms. The zero-order valence-corrected chi connectivity index (χ0v) is 8.28. The number of methoxy groups -OCH3 is 1. The maximum atomic E-state index is 10.3. The summed E-state index contributed by atoms with van der Waals surface area (Å²) < 4.78 is 14.8. The van der Waals surface area contributed by atoms with Crippen LogP contribution < -0.4 is 5.73 Å².